The quantitative estimate of drug-likeness (QED) is 0.560. The van der Waals surface area contributed by atoms with E-state index in [9.17, 15) is 4.79 Å². The topological polar surface area (TPSA) is 67.2 Å². The molecule has 0 saturated heterocycles. The molecule has 0 aromatic heterocycles. The van der Waals surface area contributed by atoms with Crippen molar-refractivity contribution in [3.05, 3.63) is 100 Å². The van der Waals surface area contributed by atoms with Crippen LogP contribution in [0.3, 0.4) is 0 Å². The van der Waals surface area contributed by atoms with Crippen LogP contribution in [0, 0.1) is 13.8 Å². The summed E-state index contributed by atoms with van der Waals surface area (Å²) in [5, 5.41) is 6.68. The minimum atomic E-state index is -0.564. The monoisotopic (exact) mass is 413 g/mol. The van der Waals surface area contributed by atoms with Crippen molar-refractivity contribution >= 4 is 11.6 Å². The third-order valence-corrected chi connectivity index (χ3v) is 6.21. The highest BCUT2D eigenvalue weighted by Crippen LogP contribution is 2.31. The molecule has 1 heterocycles. The second-order valence-electron chi connectivity index (χ2n) is 8.54. The minimum absolute atomic E-state index is 0.0245. The van der Waals surface area contributed by atoms with E-state index in [1.165, 1.54) is 27.8 Å². The van der Waals surface area contributed by atoms with Gasteiger partial charge < -0.3 is 16.4 Å². The number of carbonyl (C=O) groups excluding carboxylic acids is 1. The van der Waals surface area contributed by atoms with Crippen molar-refractivity contribution in [1.82, 2.24) is 5.32 Å². The summed E-state index contributed by atoms with van der Waals surface area (Å²) in [6.45, 7) is 4.98. The molecule has 2 atom stereocenters. The van der Waals surface area contributed by atoms with E-state index >= 15 is 0 Å². The van der Waals surface area contributed by atoms with E-state index in [0.29, 0.717) is 6.42 Å². The Bertz CT molecular complexity index is 1040. The first-order valence-corrected chi connectivity index (χ1v) is 11.0. The maximum Gasteiger partial charge on any atom is 0.237 e. The molecule has 3 aromatic rings. The third kappa shape index (κ3) is 4.97. The van der Waals surface area contributed by atoms with Crippen LogP contribution >= 0.6 is 0 Å². The number of aryl methyl sites for hydroxylation is 2. The molecule has 0 radical (unpaired) electrons. The number of fused-ring (bicyclic) bond motifs is 1. The smallest absolute Gasteiger partial charge is 0.237 e. The second kappa shape index (κ2) is 9.36. The first kappa shape index (κ1) is 21.1. The zero-order chi connectivity index (χ0) is 21.8. The summed E-state index contributed by atoms with van der Waals surface area (Å²) in [4.78, 5) is 13.0. The minimum Gasteiger partial charge on any atom is -0.385 e. The van der Waals surface area contributed by atoms with Crippen LogP contribution in [0.2, 0.25) is 0 Å². The molecular formula is C27H31N3O. The molecule has 4 N–H and O–H groups in total. The molecule has 1 aliphatic heterocycles. The van der Waals surface area contributed by atoms with Gasteiger partial charge in [0, 0.05) is 12.2 Å². The summed E-state index contributed by atoms with van der Waals surface area (Å²) in [6.07, 6.45) is 2.28. The van der Waals surface area contributed by atoms with Gasteiger partial charge in [0.1, 0.15) is 0 Å². The molecule has 0 fully saturated rings. The molecule has 1 amide bonds. The molecule has 3 aromatic carbocycles. The molecule has 4 nitrogen and oxygen atoms in total. The number of nitrogens with one attached hydrogen (secondary N) is 2. The lowest BCUT2D eigenvalue weighted by Gasteiger charge is -2.29. The number of rotatable bonds is 6. The zero-order valence-corrected chi connectivity index (χ0v) is 18.3. The van der Waals surface area contributed by atoms with E-state index in [1.807, 2.05) is 12.1 Å². The van der Waals surface area contributed by atoms with Gasteiger partial charge in [0.25, 0.3) is 0 Å². The summed E-state index contributed by atoms with van der Waals surface area (Å²) in [7, 11) is 0. The van der Waals surface area contributed by atoms with Crippen molar-refractivity contribution in [3.8, 4) is 0 Å². The second-order valence-corrected chi connectivity index (χ2v) is 8.54. The number of nitrogens with two attached hydrogens (primary N) is 1. The molecule has 4 rings (SSSR count). The lowest BCUT2D eigenvalue weighted by Crippen LogP contribution is -2.44. The van der Waals surface area contributed by atoms with Crippen LogP contribution in [-0.2, 0) is 17.6 Å². The lowest BCUT2D eigenvalue weighted by atomic mass is 9.93. The first-order valence-electron chi connectivity index (χ1n) is 11.0. The van der Waals surface area contributed by atoms with E-state index in [2.05, 4.69) is 79.1 Å². The Morgan fingerprint density at radius 2 is 1.77 bits per heavy atom. The van der Waals surface area contributed by atoms with Gasteiger partial charge in [0.15, 0.2) is 0 Å². The number of carbonyl (C=O) groups is 1. The van der Waals surface area contributed by atoms with Gasteiger partial charge in [-0.1, -0.05) is 60.7 Å². The van der Waals surface area contributed by atoms with Crippen LogP contribution in [-0.4, -0.2) is 18.5 Å². The Labute approximate surface area is 184 Å². The van der Waals surface area contributed by atoms with Gasteiger partial charge in [-0.25, -0.2) is 0 Å². The third-order valence-electron chi connectivity index (χ3n) is 6.21. The maximum atomic E-state index is 13.0. The van der Waals surface area contributed by atoms with Gasteiger partial charge in [-0.2, -0.15) is 0 Å². The molecule has 0 saturated carbocycles. The van der Waals surface area contributed by atoms with Crippen molar-refractivity contribution in [2.75, 3.05) is 11.9 Å². The van der Waals surface area contributed by atoms with E-state index in [0.717, 1.165) is 30.6 Å². The first-order chi connectivity index (χ1) is 15.0. The van der Waals surface area contributed by atoms with Crippen LogP contribution < -0.4 is 16.4 Å². The summed E-state index contributed by atoms with van der Waals surface area (Å²) in [6, 6.07) is 22.6. The molecule has 31 heavy (non-hydrogen) atoms. The number of benzene rings is 3. The molecule has 0 aliphatic carbocycles. The highest BCUT2D eigenvalue weighted by Gasteiger charge is 2.25. The molecule has 4 heteroatoms. The summed E-state index contributed by atoms with van der Waals surface area (Å²) < 4.78 is 0. The molecule has 0 unspecified atom stereocenters. The fourth-order valence-corrected chi connectivity index (χ4v) is 4.42. The van der Waals surface area contributed by atoms with Gasteiger partial charge in [-0.05, 0) is 72.6 Å². The molecule has 1 aliphatic rings. The van der Waals surface area contributed by atoms with E-state index in [1.54, 1.807) is 0 Å². The standard InChI is InChI=1S/C27H31N3O/c1-18-7-6-8-19(2)22(18)17-24(28)27(31)30-26-13-14-29-25-12-11-21(16-23(25)26)15-20-9-4-3-5-10-20/h3-12,16,24,26,29H,13-15,17,28H2,1-2H3,(H,30,31)/t24-,26+/m0/s1. The molecule has 160 valence electrons. The summed E-state index contributed by atoms with van der Waals surface area (Å²) in [5.41, 5.74) is 14.6. The number of hydrogen-bond acceptors (Lipinski definition) is 3. The molecule has 0 spiro atoms. The number of amides is 1. The van der Waals surface area contributed by atoms with Crippen LogP contribution in [0.25, 0.3) is 0 Å². The normalized spacial score (nSPS) is 16.2. The summed E-state index contributed by atoms with van der Waals surface area (Å²) in [5.74, 6) is -0.0889. The van der Waals surface area contributed by atoms with Crippen LogP contribution in [0.1, 0.15) is 45.8 Å². The van der Waals surface area contributed by atoms with Crippen molar-refractivity contribution in [2.45, 2.75) is 45.2 Å². The highest BCUT2D eigenvalue weighted by atomic mass is 16.2. The van der Waals surface area contributed by atoms with E-state index < -0.39 is 6.04 Å². The zero-order valence-electron chi connectivity index (χ0n) is 18.3. The average Bonchev–Trinajstić information content (AvgIpc) is 2.77. The molecular weight excluding hydrogens is 382 g/mol. The fourth-order valence-electron chi connectivity index (χ4n) is 4.42. The lowest BCUT2D eigenvalue weighted by molar-refractivity contribution is -0.123. The maximum absolute atomic E-state index is 13.0. The van der Waals surface area contributed by atoms with Crippen molar-refractivity contribution in [1.29, 1.82) is 0 Å². The number of anilines is 1. The van der Waals surface area contributed by atoms with E-state index in [4.69, 9.17) is 5.73 Å². The van der Waals surface area contributed by atoms with Gasteiger partial charge in [-0.3, -0.25) is 4.79 Å². The van der Waals surface area contributed by atoms with Crippen LogP contribution in [0.4, 0.5) is 5.69 Å². The highest BCUT2D eigenvalue weighted by molar-refractivity contribution is 5.82. The Morgan fingerprint density at radius 3 is 2.52 bits per heavy atom. The van der Waals surface area contributed by atoms with Gasteiger partial charge in [0.05, 0.1) is 12.1 Å². The average molecular weight is 414 g/mol. The van der Waals surface area contributed by atoms with Crippen LogP contribution in [0.15, 0.2) is 66.7 Å². The Balaban J connectivity index is 1.48. The van der Waals surface area contributed by atoms with Crippen molar-refractivity contribution < 1.29 is 4.79 Å². The largest absolute Gasteiger partial charge is 0.385 e. The predicted molar refractivity (Wildman–Crippen MR) is 127 cm³/mol. The van der Waals surface area contributed by atoms with Crippen LogP contribution in [0.5, 0.6) is 0 Å². The van der Waals surface area contributed by atoms with Gasteiger partial charge in [-0.15, -0.1) is 0 Å². The van der Waals surface area contributed by atoms with Gasteiger partial charge >= 0.3 is 0 Å². The number of hydrogen-bond donors (Lipinski definition) is 3. The predicted octanol–water partition coefficient (Wildman–Crippen LogP) is 4.44. The summed E-state index contributed by atoms with van der Waals surface area (Å²) >= 11 is 0. The van der Waals surface area contributed by atoms with Crippen molar-refractivity contribution in [3.63, 3.8) is 0 Å². The van der Waals surface area contributed by atoms with Crippen molar-refractivity contribution in [2.24, 2.45) is 5.73 Å². The molecule has 0 bridgehead atoms. The van der Waals surface area contributed by atoms with Gasteiger partial charge in [0.2, 0.25) is 5.91 Å². The fraction of sp³-hybridized carbons (Fsp3) is 0.296. The SMILES string of the molecule is Cc1cccc(C)c1C[C@H](N)C(=O)N[C@@H]1CCNc2ccc(Cc3ccccc3)cc21. The Hall–Kier alpha value is -3.11. The Morgan fingerprint density at radius 1 is 1.03 bits per heavy atom. The van der Waals surface area contributed by atoms with E-state index in [-0.39, 0.29) is 11.9 Å². The Kier molecular flexibility index (Phi) is 6.38.